The van der Waals surface area contributed by atoms with E-state index in [1.807, 2.05) is 13.0 Å². The minimum atomic E-state index is -0.363. The van der Waals surface area contributed by atoms with Crippen LogP contribution in [0.2, 0.25) is 0 Å². The van der Waals surface area contributed by atoms with E-state index in [2.05, 4.69) is 19.2 Å². The molecule has 3 N–H and O–H groups in total. The molecule has 0 aliphatic carbocycles. The third-order valence-electron chi connectivity index (χ3n) is 3.95. The average Bonchev–Trinajstić information content (AvgIpc) is 2.82. The standard InChI is InChI=1S/C14H22N2O2S/c1-9(2)14(3,8-15)16-13(17)12-6-10-7-18-5-4-11(10)19-12/h6,9H,4-5,7-8,15H2,1-3H3,(H,16,17). The van der Waals surface area contributed by atoms with Gasteiger partial charge in [0, 0.05) is 17.8 Å². The van der Waals surface area contributed by atoms with Crippen LogP contribution in [0.3, 0.4) is 0 Å². The van der Waals surface area contributed by atoms with Gasteiger partial charge >= 0.3 is 0 Å². The highest BCUT2D eigenvalue weighted by atomic mass is 32.1. The summed E-state index contributed by atoms with van der Waals surface area (Å²) >= 11 is 1.57. The molecule has 1 aliphatic heterocycles. The molecule has 1 aromatic heterocycles. The first-order valence-corrected chi connectivity index (χ1v) is 7.50. The number of rotatable bonds is 4. The zero-order chi connectivity index (χ0) is 14.0. The van der Waals surface area contributed by atoms with Crippen LogP contribution in [0.1, 0.15) is 40.9 Å². The zero-order valence-corrected chi connectivity index (χ0v) is 12.6. The summed E-state index contributed by atoms with van der Waals surface area (Å²) in [5.74, 6) is 0.264. The van der Waals surface area contributed by atoms with Crippen LogP contribution in [-0.2, 0) is 17.8 Å². The number of carbonyl (C=O) groups excluding carboxylic acids is 1. The van der Waals surface area contributed by atoms with E-state index in [9.17, 15) is 4.79 Å². The molecule has 2 heterocycles. The monoisotopic (exact) mass is 282 g/mol. The molecule has 0 fully saturated rings. The van der Waals surface area contributed by atoms with Gasteiger partial charge in [-0.1, -0.05) is 13.8 Å². The van der Waals surface area contributed by atoms with Crippen molar-refractivity contribution in [3.8, 4) is 0 Å². The van der Waals surface area contributed by atoms with Crippen LogP contribution in [0.15, 0.2) is 6.07 Å². The summed E-state index contributed by atoms with van der Waals surface area (Å²) in [5.41, 5.74) is 6.59. The van der Waals surface area contributed by atoms with Crippen molar-refractivity contribution >= 4 is 17.2 Å². The Balaban J connectivity index is 2.13. The van der Waals surface area contributed by atoms with E-state index >= 15 is 0 Å². The fraction of sp³-hybridized carbons (Fsp3) is 0.643. The number of carbonyl (C=O) groups is 1. The van der Waals surface area contributed by atoms with Crippen LogP contribution in [0, 0.1) is 5.92 Å². The molecule has 1 aromatic rings. The molecule has 2 rings (SSSR count). The molecule has 19 heavy (non-hydrogen) atoms. The molecule has 1 atom stereocenters. The molecule has 0 saturated carbocycles. The first-order valence-electron chi connectivity index (χ1n) is 6.68. The maximum atomic E-state index is 12.3. The highest BCUT2D eigenvalue weighted by Crippen LogP contribution is 2.27. The molecule has 0 saturated heterocycles. The molecule has 106 valence electrons. The highest BCUT2D eigenvalue weighted by molar-refractivity contribution is 7.14. The van der Waals surface area contributed by atoms with Crippen LogP contribution < -0.4 is 11.1 Å². The minimum absolute atomic E-state index is 0.0268. The lowest BCUT2D eigenvalue weighted by Gasteiger charge is -2.33. The van der Waals surface area contributed by atoms with E-state index in [4.69, 9.17) is 10.5 Å². The Morgan fingerprint density at radius 1 is 1.63 bits per heavy atom. The van der Waals surface area contributed by atoms with Crippen molar-refractivity contribution in [1.82, 2.24) is 5.32 Å². The first-order chi connectivity index (χ1) is 8.96. The summed E-state index contributed by atoms with van der Waals surface area (Å²) in [7, 11) is 0. The Labute approximate surface area is 118 Å². The number of nitrogens with one attached hydrogen (secondary N) is 1. The van der Waals surface area contributed by atoms with E-state index in [1.165, 1.54) is 4.88 Å². The van der Waals surface area contributed by atoms with Crippen molar-refractivity contribution in [2.45, 2.75) is 39.3 Å². The van der Waals surface area contributed by atoms with Gasteiger partial charge in [-0.05, 0) is 24.5 Å². The molecule has 4 nitrogen and oxygen atoms in total. The third kappa shape index (κ3) is 2.99. The first kappa shape index (κ1) is 14.5. The molecule has 1 unspecified atom stereocenters. The largest absolute Gasteiger partial charge is 0.376 e. The summed E-state index contributed by atoms with van der Waals surface area (Å²) in [6.45, 7) is 7.94. The van der Waals surface area contributed by atoms with Gasteiger partial charge in [0.2, 0.25) is 0 Å². The number of hydrogen-bond donors (Lipinski definition) is 2. The third-order valence-corrected chi connectivity index (χ3v) is 5.18. The number of nitrogens with two attached hydrogens (primary N) is 1. The van der Waals surface area contributed by atoms with E-state index in [0.717, 1.165) is 23.5 Å². The predicted molar refractivity (Wildman–Crippen MR) is 77.4 cm³/mol. The maximum Gasteiger partial charge on any atom is 0.261 e. The van der Waals surface area contributed by atoms with Gasteiger partial charge in [-0.15, -0.1) is 11.3 Å². The fourth-order valence-corrected chi connectivity index (χ4v) is 3.06. The van der Waals surface area contributed by atoms with Gasteiger partial charge in [0.15, 0.2) is 0 Å². The Bertz CT molecular complexity index is 447. The van der Waals surface area contributed by atoms with Crippen molar-refractivity contribution in [1.29, 1.82) is 0 Å². The minimum Gasteiger partial charge on any atom is -0.376 e. The lowest BCUT2D eigenvalue weighted by Crippen LogP contribution is -2.54. The fourth-order valence-electron chi connectivity index (χ4n) is 2.01. The molecular formula is C14H22N2O2S. The van der Waals surface area contributed by atoms with E-state index in [0.29, 0.717) is 19.1 Å². The van der Waals surface area contributed by atoms with Crippen molar-refractivity contribution in [2.24, 2.45) is 11.7 Å². The van der Waals surface area contributed by atoms with Crippen LogP contribution in [0.5, 0.6) is 0 Å². The summed E-state index contributed by atoms with van der Waals surface area (Å²) in [5, 5.41) is 3.07. The smallest absolute Gasteiger partial charge is 0.261 e. The topological polar surface area (TPSA) is 64.3 Å². The average molecular weight is 282 g/mol. The van der Waals surface area contributed by atoms with Gasteiger partial charge in [0.1, 0.15) is 0 Å². The molecule has 1 amide bonds. The van der Waals surface area contributed by atoms with Crippen LogP contribution in [0.4, 0.5) is 0 Å². The molecule has 0 bridgehead atoms. The van der Waals surface area contributed by atoms with Crippen molar-refractivity contribution < 1.29 is 9.53 Å². The van der Waals surface area contributed by atoms with Crippen LogP contribution in [-0.4, -0.2) is 24.6 Å². The van der Waals surface area contributed by atoms with Gasteiger partial charge in [-0.25, -0.2) is 0 Å². The predicted octanol–water partition coefficient (Wildman–Crippen LogP) is 1.92. The summed E-state index contributed by atoms with van der Waals surface area (Å²) in [6.07, 6.45) is 0.908. The lowest BCUT2D eigenvalue weighted by molar-refractivity contribution is 0.0887. The Hall–Kier alpha value is -0.910. The van der Waals surface area contributed by atoms with E-state index < -0.39 is 0 Å². The highest BCUT2D eigenvalue weighted by Gasteiger charge is 2.30. The summed E-state index contributed by atoms with van der Waals surface area (Å²) in [6, 6.07) is 1.95. The summed E-state index contributed by atoms with van der Waals surface area (Å²) < 4.78 is 5.40. The van der Waals surface area contributed by atoms with Crippen molar-refractivity contribution in [2.75, 3.05) is 13.2 Å². The van der Waals surface area contributed by atoms with Gasteiger partial charge in [0.05, 0.1) is 23.6 Å². The number of hydrogen-bond acceptors (Lipinski definition) is 4. The van der Waals surface area contributed by atoms with E-state index in [-0.39, 0.29) is 11.4 Å². The van der Waals surface area contributed by atoms with Crippen LogP contribution >= 0.6 is 11.3 Å². The van der Waals surface area contributed by atoms with Crippen molar-refractivity contribution in [3.05, 3.63) is 21.4 Å². The second-order valence-electron chi connectivity index (χ2n) is 5.59. The molecule has 0 spiro atoms. The zero-order valence-electron chi connectivity index (χ0n) is 11.8. The Morgan fingerprint density at radius 3 is 2.95 bits per heavy atom. The molecule has 0 radical (unpaired) electrons. The lowest BCUT2D eigenvalue weighted by atomic mass is 9.88. The quantitative estimate of drug-likeness (QED) is 0.887. The van der Waals surface area contributed by atoms with Gasteiger partial charge in [0.25, 0.3) is 5.91 Å². The van der Waals surface area contributed by atoms with Gasteiger partial charge < -0.3 is 15.8 Å². The van der Waals surface area contributed by atoms with Crippen LogP contribution in [0.25, 0.3) is 0 Å². The second-order valence-corrected chi connectivity index (χ2v) is 6.73. The van der Waals surface area contributed by atoms with Gasteiger partial charge in [-0.3, -0.25) is 4.79 Å². The normalized spacial score (nSPS) is 17.9. The van der Waals surface area contributed by atoms with E-state index in [1.54, 1.807) is 11.3 Å². The number of ether oxygens (including phenoxy) is 1. The SMILES string of the molecule is CC(C)C(C)(CN)NC(=O)c1cc2c(s1)CCOC2. The second kappa shape index (κ2) is 5.61. The number of amides is 1. The molecule has 1 aliphatic rings. The number of thiophene rings is 1. The molecule has 0 aromatic carbocycles. The number of fused-ring (bicyclic) bond motifs is 1. The van der Waals surface area contributed by atoms with Gasteiger partial charge in [-0.2, -0.15) is 0 Å². The summed E-state index contributed by atoms with van der Waals surface area (Å²) in [4.78, 5) is 14.4. The Morgan fingerprint density at radius 2 is 2.37 bits per heavy atom. The van der Waals surface area contributed by atoms with Crippen molar-refractivity contribution in [3.63, 3.8) is 0 Å². The molecular weight excluding hydrogens is 260 g/mol. The molecule has 5 heteroatoms. The maximum absolute atomic E-state index is 12.3. The Kier molecular flexibility index (Phi) is 4.28.